The molecule has 20 heavy (non-hydrogen) atoms. The molecule has 1 aliphatic heterocycles. The number of fused-ring (bicyclic) bond motifs is 1. The molecule has 1 aromatic carbocycles. The monoisotopic (exact) mass is 274 g/mol. The summed E-state index contributed by atoms with van der Waals surface area (Å²) in [5.74, 6) is 2.49. The molecule has 1 saturated carbocycles. The largest absolute Gasteiger partial charge is 0.496 e. The molecule has 3 nitrogen and oxygen atoms in total. The molecule has 0 bridgehead atoms. The Bertz CT molecular complexity index is 525. The molecule has 0 amide bonds. The van der Waals surface area contributed by atoms with E-state index in [0.717, 1.165) is 35.7 Å². The first-order chi connectivity index (χ1) is 9.57. The van der Waals surface area contributed by atoms with Gasteiger partial charge in [0.05, 0.1) is 18.8 Å². The molecular weight excluding hydrogens is 252 g/mol. The molecule has 1 heterocycles. The molecule has 0 N–H and O–H groups in total. The quantitative estimate of drug-likeness (QED) is 0.826. The van der Waals surface area contributed by atoms with Crippen LogP contribution in [0.25, 0.3) is 6.08 Å². The molecule has 108 valence electrons. The highest BCUT2D eigenvalue weighted by Crippen LogP contribution is 2.41. The summed E-state index contributed by atoms with van der Waals surface area (Å²) >= 11 is 0. The van der Waals surface area contributed by atoms with Crippen molar-refractivity contribution in [2.45, 2.75) is 51.2 Å². The summed E-state index contributed by atoms with van der Waals surface area (Å²) in [6.45, 7) is 4.09. The number of hydrogen-bond acceptors (Lipinski definition) is 3. The van der Waals surface area contributed by atoms with Crippen LogP contribution in [0.3, 0.4) is 0 Å². The molecule has 2 aliphatic rings. The summed E-state index contributed by atoms with van der Waals surface area (Å²) in [5.41, 5.74) is 0.704. The first kappa shape index (κ1) is 13.3. The van der Waals surface area contributed by atoms with Gasteiger partial charge in [-0.3, -0.25) is 0 Å². The third-order valence-corrected chi connectivity index (χ3v) is 3.93. The van der Waals surface area contributed by atoms with Crippen molar-refractivity contribution >= 4 is 6.08 Å². The molecular formula is C17H22O3. The lowest BCUT2D eigenvalue weighted by atomic mass is 10.0. The van der Waals surface area contributed by atoms with Gasteiger partial charge in [-0.05, 0) is 51.7 Å². The number of rotatable bonds is 3. The summed E-state index contributed by atoms with van der Waals surface area (Å²) in [6, 6.07) is 3.95. The molecule has 0 unspecified atom stereocenters. The van der Waals surface area contributed by atoms with Crippen LogP contribution in [-0.2, 0) is 0 Å². The molecule has 3 heteroatoms. The van der Waals surface area contributed by atoms with Crippen molar-refractivity contribution < 1.29 is 14.2 Å². The SMILES string of the molecule is COc1cc(OC2CCCC2)cc2c1C=CC(C)(C)O2. The van der Waals surface area contributed by atoms with Crippen LogP contribution in [0, 0.1) is 0 Å². The van der Waals surface area contributed by atoms with E-state index in [-0.39, 0.29) is 5.60 Å². The second-order valence-corrected chi connectivity index (χ2v) is 6.10. The van der Waals surface area contributed by atoms with E-state index in [1.807, 2.05) is 26.0 Å². The van der Waals surface area contributed by atoms with Crippen molar-refractivity contribution in [3.63, 3.8) is 0 Å². The smallest absolute Gasteiger partial charge is 0.135 e. The maximum atomic E-state index is 6.07. The lowest BCUT2D eigenvalue weighted by molar-refractivity contribution is 0.155. The minimum absolute atomic E-state index is 0.288. The van der Waals surface area contributed by atoms with E-state index >= 15 is 0 Å². The van der Waals surface area contributed by atoms with Crippen molar-refractivity contribution in [3.05, 3.63) is 23.8 Å². The first-order valence-electron chi connectivity index (χ1n) is 7.34. The molecule has 1 fully saturated rings. The van der Waals surface area contributed by atoms with Crippen molar-refractivity contribution in [1.82, 2.24) is 0 Å². The Kier molecular flexibility index (Phi) is 3.36. The van der Waals surface area contributed by atoms with Crippen LogP contribution in [0.5, 0.6) is 17.2 Å². The van der Waals surface area contributed by atoms with E-state index in [4.69, 9.17) is 14.2 Å². The first-order valence-corrected chi connectivity index (χ1v) is 7.34. The summed E-state index contributed by atoms with van der Waals surface area (Å²) < 4.78 is 17.6. The van der Waals surface area contributed by atoms with Crippen molar-refractivity contribution in [3.8, 4) is 17.2 Å². The van der Waals surface area contributed by atoms with Gasteiger partial charge in [-0.2, -0.15) is 0 Å². The fraction of sp³-hybridized carbons (Fsp3) is 0.529. The third-order valence-electron chi connectivity index (χ3n) is 3.93. The Balaban J connectivity index is 1.91. The van der Waals surface area contributed by atoms with Crippen LogP contribution in [0.15, 0.2) is 18.2 Å². The van der Waals surface area contributed by atoms with Crippen molar-refractivity contribution in [1.29, 1.82) is 0 Å². The summed E-state index contributed by atoms with van der Waals surface area (Å²) in [6.07, 6.45) is 9.27. The van der Waals surface area contributed by atoms with E-state index in [1.165, 1.54) is 12.8 Å². The lowest BCUT2D eigenvalue weighted by Crippen LogP contribution is -2.27. The normalized spacial score (nSPS) is 20.4. The molecule has 1 aromatic rings. The second kappa shape index (κ2) is 5.04. The Morgan fingerprint density at radius 2 is 1.95 bits per heavy atom. The zero-order valence-electron chi connectivity index (χ0n) is 12.4. The fourth-order valence-corrected chi connectivity index (χ4v) is 2.86. The zero-order valence-corrected chi connectivity index (χ0v) is 12.4. The number of ether oxygens (including phenoxy) is 3. The average Bonchev–Trinajstić information content (AvgIpc) is 2.89. The van der Waals surface area contributed by atoms with Gasteiger partial charge in [0.1, 0.15) is 22.8 Å². The van der Waals surface area contributed by atoms with Gasteiger partial charge in [-0.15, -0.1) is 0 Å². The molecule has 0 aromatic heterocycles. The Morgan fingerprint density at radius 1 is 1.20 bits per heavy atom. The van der Waals surface area contributed by atoms with Gasteiger partial charge in [0, 0.05) is 12.1 Å². The van der Waals surface area contributed by atoms with E-state index in [1.54, 1.807) is 7.11 Å². The summed E-state index contributed by atoms with van der Waals surface area (Å²) in [5, 5.41) is 0. The molecule has 0 saturated heterocycles. The molecule has 3 rings (SSSR count). The molecule has 0 radical (unpaired) electrons. The standard InChI is InChI=1S/C17H22O3/c1-17(2)9-8-14-15(18-3)10-13(11-16(14)20-17)19-12-6-4-5-7-12/h8-12H,4-7H2,1-3H3. The van der Waals surface area contributed by atoms with Crippen LogP contribution in [0.1, 0.15) is 45.1 Å². The van der Waals surface area contributed by atoms with Crippen LogP contribution in [0.2, 0.25) is 0 Å². The van der Waals surface area contributed by atoms with Gasteiger partial charge in [0.2, 0.25) is 0 Å². The van der Waals surface area contributed by atoms with E-state index < -0.39 is 0 Å². The van der Waals surface area contributed by atoms with E-state index in [9.17, 15) is 0 Å². The minimum atomic E-state index is -0.288. The highest BCUT2D eigenvalue weighted by atomic mass is 16.5. The van der Waals surface area contributed by atoms with Crippen LogP contribution < -0.4 is 14.2 Å². The Hall–Kier alpha value is -1.64. The third kappa shape index (κ3) is 2.62. The Labute approximate surface area is 120 Å². The highest BCUT2D eigenvalue weighted by molar-refractivity contribution is 5.69. The minimum Gasteiger partial charge on any atom is -0.496 e. The van der Waals surface area contributed by atoms with Gasteiger partial charge >= 0.3 is 0 Å². The summed E-state index contributed by atoms with van der Waals surface area (Å²) in [4.78, 5) is 0. The topological polar surface area (TPSA) is 27.7 Å². The maximum Gasteiger partial charge on any atom is 0.135 e. The van der Waals surface area contributed by atoms with Gasteiger partial charge in [-0.1, -0.05) is 0 Å². The fourth-order valence-electron chi connectivity index (χ4n) is 2.86. The zero-order chi connectivity index (χ0) is 14.2. The predicted molar refractivity (Wildman–Crippen MR) is 79.6 cm³/mol. The van der Waals surface area contributed by atoms with Gasteiger partial charge < -0.3 is 14.2 Å². The van der Waals surface area contributed by atoms with E-state index in [2.05, 4.69) is 12.2 Å². The molecule has 0 spiro atoms. The second-order valence-electron chi connectivity index (χ2n) is 6.10. The van der Waals surface area contributed by atoms with Gasteiger partial charge in [0.15, 0.2) is 0 Å². The van der Waals surface area contributed by atoms with Crippen LogP contribution in [0.4, 0.5) is 0 Å². The number of benzene rings is 1. The predicted octanol–water partition coefficient (Wildman–Crippen LogP) is 4.20. The van der Waals surface area contributed by atoms with Crippen molar-refractivity contribution in [2.24, 2.45) is 0 Å². The van der Waals surface area contributed by atoms with Crippen LogP contribution >= 0.6 is 0 Å². The molecule has 0 atom stereocenters. The van der Waals surface area contributed by atoms with Gasteiger partial charge in [-0.25, -0.2) is 0 Å². The van der Waals surface area contributed by atoms with E-state index in [0.29, 0.717) is 6.10 Å². The average molecular weight is 274 g/mol. The number of methoxy groups -OCH3 is 1. The van der Waals surface area contributed by atoms with Crippen LogP contribution in [-0.4, -0.2) is 18.8 Å². The number of hydrogen-bond donors (Lipinski definition) is 0. The molecule has 1 aliphatic carbocycles. The lowest BCUT2D eigenvalue weighted by Gasteiger charge is -2.29. The maximum absolute atomic E-state index is 6.07. The summed E-state index contributed by atoms with van der Waals surface area (Å²) in [7, 11) is 1.68. The van der Waals surface area contributed by atoms with Gasteiger partial charge in [0.25, 0.3) is 0 Å². The van der Waals surface area contributed by atoms with Crippen molar-refractivity contribution in [2.75, 3.05) is 7.11 Å². The Morgan fingerprint density at radius 3 is 2.65 bits per heavy atom. The highest BCUT2D eigenvalue weighted by Gasteiger charge is 2.25.